The molecule has 3 heterocycles. The molecule has 1 N–H and O–H groups in total. The standard InChI is InChI=1S/C16H16N4OS2/c17-8-12-11-3-1-2-4-13(11)23-15(12)19-14(21)7-10-9-22-16-18-5-6-20(10)16/h9H,1-7H2,(H,19,21). The van der Waals surface area contributed by atoms with Crippen LogP contribution < -0.4 is 5.32 Å². The molecule has 2 aliphatic heterocycles. The highest BCUT2D eigenvalue weighted by atomic mass is 32.2. The highest BCUT2D eigenvalue weighted by molar-refractivity contribution is 8.16. The number of aliphatic imine (C=N–C) groups is 1. The normalized spacial score (nSPS) is 18.8. The SMILES string of the molecule is N#Cc1c(NC(=O)CC2=CSC3=NCCN23)sc2c1CCCC2. The van der Waals surface area contributed by atoms with Crippen LogP contribution in [-0.2, 0) is 17.6 Å². The van der Waals surface area contributed by atoms with Gasteiger partial charge in [-0.3, -0.25) is 9.79 Å². The summed E-state index contributed by atoms with van der Waals surface area (Å²) in [6, 6.07) is 2.29. The number of hydrogen-bond donors (Lipinski definition) is 1. The van der Waals surface area contributed by atoms with Crippen LogP contribution in [0.15, 0.2) is 16.1 Å². The summed E-state index contributed by atoms with van der Waals surface area (Å²) in [5.74, 6) is -0.0555. The van der Waals surface area contributed by atoms with Gasteiger partial charge in [-0.05, 0) is 36.7 Å². The van der Waals surface area contributed by atoms with E-state index in [1.165, 1.54) is 11.3 Å². The van der Waals surface area contributed by atoms with Crippen LogP contribution in [0.5, 0.6) is 0 Å². The van der Waals surface area contributed by atoms with E-state index in [1.807, 2.05) is 5.41 Å². The molecule has 1 aliphatic carbocycles. The molecular weight excluding hydrogens is 328 g/mol. The molecule has 1 aromatic heterocycles. The van der Waals surface area contributed by atoms with Gasteiger partial charge in [-0.1, -0.05) is 11.8 Å². The Bertz CT molecular complexity index is 772. The van der Waals surface area contributed by atoms with Gasteiger partial charge in [0.05, 0.1) is 18.5 Å². The van der Waals surface area contributed by atoms with Crippen molar-refractivity contribution in [3.8, 4) is 6.07 Å². The molecule has 0 radical (unpaired) electrons. The molecule has 7 heteroatoms. The lowest BCUT2D eigenvalue weighted by atomic mass is 9.96. The van der Waals surface area contributed by atoms with Gasteiger partial charge in [0.25, 0.3) is 0 Å². The monoisotopic (exact) mass is 344 g/mol. The quantitative estimate of drug-likeness (QED) is 0.915. The van der Waals surface area contributed by atoms with E-state index in [-0.39, 0.29) is 5.91 Å². The first kappa shape index (κ1) is 14.8. The molecular formula is C16H16N4OS2. The van der Waals surface area contributed by atoms with Crippen LogP contribution >= 0.6 is 23.1 Å². The first-order valence-corrected chi connectivity index (χ1v) is 9.48. The van der Waals surface area contributed by atoms with Crippen molar-refractivity contribution >= 4 is 39.2 Å². The van der Waals surface area contributed by atoms with Crippen LogP contribution in [-0.4, -0.2) is 29.1 Å². The second-order valence-electron chi connectivity index (χ2n) is 5.79. The van der Waals surface area contributed by atoms with Crippen molar-refractivity contribution in [1.29, 1.82) is 5.26 Å². The summed E-state index contributed by atoms with van der Waals surface area (Å²) in [6.45, 7) is 1.66. The van der Waals surface area contributed by atoms with Crippen LogP contribution in [0.4, 0.5) is 5.00 Å². The third-order valence-electron chi connectivity index (χ3n) is 4.33. The van der Waals surface area contributed by atoms with Gasteiger partial charge in [0.2, 0.25) is 5.91 Å². The average Bonchev–Trinajstić information content (AvgIpc) is 3.22. The van der Waals surface area contributed by atoms with E-state index in [9.17, 15) is 10.1 Å². The Kier molecular flexibility index (Phi) is 3.87. The zero-order valence-electron chi connectivity index (χ0n) is 12.6. The second-order valence-corrected chi connectivity index (χ2v) is 7.74. The number of carbonyl (C=O) groups excluding carboxylic acids is 1. The highest BCUT2D eigenvalue weighted by Gasteiger charge is 2.28. The summed E-state index contributed by atoms with van der Waals surface area (Å²) >= 11 is 3.16. The summed E-state index contributed by atoms with van der Waals surface area (Å²) in [6.07, 6.45) is 4.62. The molecule has 0 atom stereocenters. The zero-order valence-corrected chi connectivity index (χ0v) is 14.2. The number of carbonyl (C=O) groups is 1. The number of fused-ring (bicyclic) bond motifs is 2. The largest absolute Gasteiger partial charge is 0.322 e. The molecule has 1 aromatic rings. The molecule has 0 saturated carbocycles. The van der Waals surface area contributed by atoms with E-state index in [0.29, 0.717) is 12.0 Å². The maximum atomic E-state index is 12.4. The van der Waals surface area contributed by atoms with Gasteiger partial charge in [-0.15, -0.1) is 11.3 Å². The predicted octanol–water partition coefficient (Wildman–Crippen LogP) is 3.09. The van der Waals surface area contributed by atoms with E-state index >= 15 is 0 Å². The van der Waals surface area contributed by atoms with E-state index in [4.69, 9.17) is 0 Å². The van der Waals surface area contributed by atoms with Crippen LogP contribution in [0.2, 0.25) is 0 Å². The number of thiophene rings is 1. The van der Waals surface area contributed by atoms with Gasteiger partial charge in [0.1, 0.15) is 11.1 Å². The summed E-state index contributed by atoms with van der Waals surface area (Å²) < 4.78 is 0. The van der Waals surface area contributed by atoms with Gasteiger partial charge in [0, 0.05) is 17.1 Å². The number of nitrogens with one attached hydrogen (secondary N) is 1. The molecule has 0 bridgehead atoms. The Morgan fingerprint density at radius 3 is 3.17 bits per heavy atom. The third kappa shape index (κ3) is 2.66. The minimum absolute atomic E-state index is 0.0555. The lowest BCUT2D eigenvalue weighted by Crippen LogP contribution is -2.24. The Morgan fingerprint density at radius 2 is 2.30 bits per heavy atom. The molecule has 118 valence electrons. The van der Waals surface area contributed by atoms with Crippen LogP contribution in [0.3, 0.4) is 0 Å². The Hall–Kier alpha value is -1.78. The Morgan fingerprint density at radius 1 is 1.43 bits per heavy atom. The number of aryl methyl sites for hydroxylation is 1. The van der Waals surface area contributed by atoms with Gasteiger partial charge in [0.15, 0.2) is 5.17 Å². The van der Waals surface area contributed by atoms with Crippen LogP contribution in [0.1, 0.15) is 35.3 Å². The third-order valence-corrected chi connectivity index (χ3v) is 6.48. The molecule has 0 saturated heterocycles. The fraction of sp³-hybridized carbons (Fsp3) is 0.438. The van der Waals surface area contributed by atoms with E-state index in [0.717, 1.165) is 53.8 Å². The first-order valence-electron chi connectivity index (χ1n) is 7.78. The number of amides is 1. The average molecular weight is 344 g/mol. The molecule has 23 heavy (non-hydrogen) atoms. The van der Waals surface area contributed by atoms with Crippen LogP contribution in [0.25, 0.3) is 0 Å². The van der Waals surface area contributed by atoms with Crippen molar-refractivity contribution in [2.75, 3.05) is 18.4 Å². The summed E-state index contributed by atoms with van der Waals surface area (Å²) in [4.78, 5) is 20.2. The molecule has 0 unspecified atom stereocenters. The Balaban J connectivity index is 1.48. The number of nitrogens with zero attached hydrogens (tertiary/aromatic N) is 3. The van der Waals surface area contributed by atoms with E-state index in [2.05, 4.69) is 21.3 Å². The Labute approximate surface area is 143 Å². The second kappa shape index (κ2) is 6.02. The molecule has 1 amide bonds. The van der Waals surface area contributed by atoms with Gasteiger partial charge >= 0.3 is 0 Å². The number of anilines is 1. The fourth-order valence-corrected chi connectivity index (χ4v) is 5.43. The number of rotatable bonds is 3. The highest BCUT2D eigenvalue weighted by Crippen LogP contribution is 2.38. The molecule has 3 aliphatic rings. The van der Waals surface area contributed by atoms with E-state index < -0.39 is 0 Å². The molecule has 5 nitrogen and oxygen atoms in total. The molecule has 4 rings (SSSR count). The number of nitriles is 1. The van der Waals surface area contributed by atoms with Gasteiger partial charge in [-0.2, -0.15) is 5.26 Å². The van der Waals surface area contributed by atoms with Gasteiger partial charge < -0.3 is 10.2 Å². The molecule has 0 spiro atoms. The molecule has 0 aromatic carbocycles. The van der Waals surface area contributed by atoms with Crippen molar-refractivity contribution in [2.45, 2.75) is 32.1 Å². The van der Waals surface area contributed by atoms with Crippen molar-refractivity contribution in [1.82, 2.24) is 4.90 Å². The molecule has 0 fully saturated rings. The van der Waals surface area contributed by atoms with Gasteiger partial charge in [-0.25, -0.2) is 0 Å². The van der Waals surface area contributed by atoms with Crippen molar-refractivity contribution in [3.63, 3.8) is 0 Å². The zero-order chi connectivity index (χ0) is 15.8. The first-order chi connectivity index (χ1) is 11.3. The maximum absolute atomic E-state index is 12.4. The summed E-state index contributed by atoms with van der Waals surface area (Å²) in [5.41, 5.74) is 2.84. The fourth-order valence-electron chi connectivity index (χ4n) is 3.22. The number of hydrogen-bond acceptors (Lipinski definition) is 6. The minimum Gasteiger partial charge on any atom is -0.322 e. The summed E-state index contributed by atoms with van der Waals surface area (Å²) in [7, 11) is 0. The predicted molar refractivity (Wildman–Crippen MR) is 93.6 cm³/mol. The number of thioether (sulfide) groups is 1. The topological polar surface area (TPSA) is 68.5 Å². The summed E-state index contributed by atoms with van der Waals surface area (Å²) in [5, 5.41) is 16.1. The number of amidine groups is 1. The van der Waals surface area contributed by atoms with Crippen LogP contribution in [0, 0.1) is 11.3 Å². The smallest absolute Gasteiger partial charge is 0.230 e. The van der Waals surface area contributed by atoms with E-state index in [1.54, 1.807) is 23.1 Å². The minimum atomic E-state index is -0.0555. The van der Waals surface area contributed by atoms with Crippen molar-refractivity contribution < 1.29 is 4.79 Å². The van der Waals surface area contributed by atoms with Crippen molar-refractivity contribution in [3.05, 3.63) is 27.1 Å². The maximum Gasteiger partial charge on any atom is 0.230 e. The lowest BCUT2D eigenvalue weighted by molar-refractivity contribution is -0.115. The van der Waals surface area contributed by atoms with Crippen molar-refractivity contribution in [2.24, 2.45) is 4.99 Å². The lowest BCUT2D eigenvalue weighted by Gasteiger charge is -2.15.